The molecule has 2 heterocycles. The second kappa shape index (κ2) is 9.37. The number of aromatic nitrogens is 2. The van der Waals surface area contributed by atoms with E-state index in [1.165, 1.54) is 19.3 Å². The largest absolute Gasteiger partial charge is 0.395 e. The van der Waals surface area contributed by atoms with Gasteiger partial charge in [-0.25, -0.2) is 0 Å². The van der Waals surface area contributed by atoms with Gasteiger partial charge in [0, 0.05) is 44.5 Å². The Morgan fingerprint density at radius 3 is 2.71 bits per heavy atom. The maximum absolute atomic E-state index is 13.3. The topological polar surface area (TPSA) is 78.7 Å². The lowest BCUT2D eigenvalue weighted by Crippen LogP contribution is -2.52. The number of aliphatic hydroxyl groups is 1. The summed E-state index contributed by atoms with van der Waals surface area (Å²) < 4.78 is 1.81. The standard InChI is InChI=1S/C21H32N4O3/c1-16(2)13-20(27)23-10-4-7-18(15-23)24(11-12-26)21(28)19-8-9-22-25(19)14-17-5-3-6-17/h8-9,13,17-18,26H,3-7,10-12,14-15H2,1-2H3. The van der Waals surface area contributed by atoms with Crippen molar-refractivity contribution in [3.63, 3.8) is 0 Å². The van der Waals surface area contributed by atoms with Crippen LogP contribution < -0.4 is 0 Å². The smallest absolute Gasteiger partial charge is 0.272 e. The quantitative estimate of drug-likeness (QED) is 0.726. The predicted octanol–water partition coefficient (Wildman–Crippen LogP) is 2.07. The molecule has 154 valence electrons. The molecule has 1 N–H and O–H groups in total. The molecule has 1 aromatic rings. The predicted molar refractivity (Wildman–Crippen MR) is 107 cm³/mol. The summed E-state index contributed by atoms with van der Waals surface area (Å²) in [5.74, 6) is 0.494. The van der Waals surface area contributed by atoms with Crippen LogP contribution in [0.25, 0.3) is 0 Å². The minimum absolute atomic E-state index is 0.00359. The van der Waals surface area contributed by atoms with E-state index in [-0.39, 0.29) is 31.0 Å². The first-order valence-electron chi connectivity index (χ1n) is 10.4. The highest BCUT2D eigenvalue weighted by molar-refractivity contribution is 5.93. The molecule has 2 amide bonds. The number of piperidine rings is 1. The van der Waals surface area contributed by atoms with Gasteiger partial charge in [0.05, 0.1) is 6.61 Å². The van der Waals surface area contributed by atoms with Crippen molar-refractivity contribution < 1.29 is 14.7 Å². The molecule has 1 atom stereocenters. The molecule has 2 fully saturated rings. The SMILES string of the molecule is CC(C)=CC(=O)N1CCCC(N(CCO)C(=O)c2ccnn2CC2CCC2)C1. The van der Waals surface area contributed by atoms with Crippen LogP contribution in [0, 0.1) is 5.92 Å². The third-order valence-electron chi connectivity index (χ3n) is 5.75. The summed E-state index contributed by atoms with van der Waals surface area (Å²) in [5.41, 5.74) is 1.54. The summed E-state index contributed by atoms with van der Waals surface area (Å²) in [6.45, 7) is 5.97. The highest BCUT2D eigenvalue weighted by Crippen LogP contribution is 2.28. The highest BCUT2D eigenvalue weighted by atomic mass is 16.3. The van der Waals surface area contributed by atoms with Crippen molar-refractivity contribution in [1.29, 1.82) is 0 Å². The van der Waals surface area contributed by atoms with Crippen LogP contribution in [0.1, 0.15) is 56.4 Å². The van der Waals surface area contributed by atoms with Gasteiger partial charge >= 0.3 is 0 Å². The zero-order valence-electron chi connectivity index (χ0n) is 17.0. The van der Waals surface area contributed by atoms with Crippen LogP contribution in [-0.2, 0) is 11.3 Å². The van der Waals surface area contributed by atoms with Crippen LogP contribution in [0.15, 0.2) is 23.9 Å². The van der Waals surface area contributed by atoms with Gasteiger partial charge in [0.2, 0.25) is 5.91 Å². The van der Waals surface area contributed by atoms with Crippen LogP contribution in [-0.4, -0.2) is 68.8 Å². The second-order valence-corrected chi connectivity index (χ2v) is 8.22. The number of likely N-dealkylation sites (tertiary alicyclic amines) is 1. The van der Waals surface area contributed by atoms with Crippen LogP contribution >= 0.6 is 0 Å². The Morgan fingerprint density at radius 1 is 1.29 bits per heavy atom. The third-order valence-corrected chi connectivity index (χ3v) is 5.75. The Labute approximate surface area is 167 Å². The van der Waals surface area contributed by atoms with E-state index in [0.29, 0.717) is 24.7 Å². The molecule has 0 spiro atoms. The van der Waals surface area contributed by atoms with E-state index in [2.05, 4.69) is 5.10 Å². The van der Waals surface area contributed by atoms with E-state index in [1.54, 1.807) is 23.2 Å². The molecule has 1 saturated carbocycles. The zero-order chi connectivity index (χ0) is 20.1. The lowest BCUT2D eigenvalue weighted by Gasteiger charge is -2.39. The Balaban J connectivity index is 1.73. The lowest BCUT2D eigenvalue weighted by molar-refractivity contribution is -0.128. The van der Waals surface area contributed by atoms with E-state index in [9.17, 15) is 14.7 Å². The molecule has 1 aromatic heterocycles. The molecule has 2 aliphatic rings. The molecule has 1 saturated heterocycles. The van der Waals surface area contributed by atoms with Gasteiger partial charge in [0.25, 0.3) is 5.91 Å². The molecule has 0 bridgehead atoms. The van der Waals surface area contributed by atoms with E-state index >= 15 is 0 Å². The number of rotatable bonds is 7. The average Bonchev–Trinajstić information content (AvgIpc) is 3.10. The minimum Gasteiger partial charge on any atom is -0.395 e. The lowest BCUT2D eigenvalue weighted by atomic mass is 9.85. The van der Waals surface area contributed by atoms with Gasteiger partial charge in [0.1, 0.15) is 5.69 Å². The summed E-state index contributed by atoms with van der Waals surface area (Å²) in [4.78, 5) is 29.3. The van der Waals surface area contributed by atoms with Crippen LogP contribution in [0.5, 0.6) is 0 Å². The van der Waals surface area contributed by atoms with Gasteiger partial charge < -0.3 is 14.9 Å². The molecular weight excluding hydrogens is 356 g/mol. The first kappa shape index (κ1) is 20.6. The third kappa shape index (κ3) is 4.82. The highest BCUT2D eigenvalue weighted by Gasteiger charge is 2.32. The Bertz CT molecular complexity index is 719. The van der Waals surface area contributed by atoms with Crippen LogP contribution in [0.2, 0.25) is 0 Å². The molecule has 0 aromatic carbocycles. The number of aliphatic hydroxyl groups excluding tert-OH is 1. The van der Waals surface area contributed by atoms with E-state index in [4.69, 9.17) is 0 Å². The molecule has 7 heteroatoms. The first-order valence-corrected chi connectivity index (χ1v) is 10.4. The van der Waals surface area contributed by atoms with Crippen LogP contribution in [0.4, 0.5) is 0 Å². The van der Waals surface area contributed by atoms with Crippen LogP contribution in [0.3, 0.4) is 0 Å². The molecule has 1 aliphatic carbocycles. The summed E-state index contributed by atoms with van der Waals surface area (Å²) >= 11 is 0. The second-order valence-electron chi connectivity index (χ2n) is 8.22. The molecular formula is C21H32N4O3. The Morgan fingerprint density at radius 2 is 2.07 bits per heavy atom. The zero-order valence-corrected chi connectivity index (χ0v) is 17.0. The van der Waals surface area contributed by atoms with Gasteiger partial charge in [-0.3, -0.25) is 14.3 Å². The Kier molecular flexibility index (Phi) is 6.88. The summed E-state index contributed by atoms with van der Waals surface area (Å²) in [5, 5.41) is 13.9. The van der Waals surface area contributed by atoms with Gasteiger partial charge in [-0.15, -0.1) is 0 Å². The summed E-state index contributed by atoms with van der Waals surface area (Å²) in [6, 6.07) is 1.68. The number of allylic oxidation sites excluding steroid dienone is 1. The van der Waals surface area contributed by atoms with E-state index < -0.39 is 0 Å². The average molecular weight is 389 g/mol. The Hall–Kier alpha value is -2.15. The maximum atomic E-state index is 13.3. The monoisotopic (exact) mass is 388 g/mol. The van der Waals surface area contributed by atoms with Crippen molar-refractivity contribution in [2.24, 2.45) is 5.92 Å². The van der Waals surface area contributed by atoms with Gasteiger partial charge in [0.15, 0.2) is 0 Å². The number of amides is 2. The maximum Gasteiger partial charge on any atom is 0.272 e. The minimum atomic E-state index is -0.104. The molecule has 28 heavy (non-hydrogen) atoms. The van der Waals surface area contributed by atoms with E-state index in [0.717, 1.165) is 25.0 Å². The number of carbonyl (C=O) groups excluding carboxylic acids is 2. The summed E-state index contributed by atoms with van der Waals surface area (Å²) in [6.07, 6.45) is 8.65. The fraction of sp³-hybridized carbons (Fsp3) is 0.667. The molecule has 7 nitrogen and oxygen atoms in total. The van der Waals surface area contributed by atoms with Gasteiger partial charge in [-0.1, -0.05) is 12.0 Å². The van der Waals surface area contributed by atoms with Gasteiger partial charge in [-0.2, -0.15) is 5.10 Å². The first-order chi connectivity index (χ1) is 13.5. The summed E-state index contributed by atoms with van der Waals surface area (Å²) in [7, 11) is 0. The fourth-order valence-corrected chi connectivity index (χ4v) is 4.03. The number of carbonyl (C=O) groups is 2. The fourth-order valence-electron chi connectivity index (χ4n) is 4.03. The van der Waals surface area contributed by atoms with E-state index in [1.807, 2.05) is 23.4 Å². The van der Waals surface area contributed by atoms with Crippen molar-refractivity contribution in [2.45, 2.75) is 58.5 Å². The number of hydrogen-bond donors (Lipinski definition) is 1. The molecule has 3 rings (SSSR count). The normalized spacial score (nSPS) is 19.8. The van der Waals surface area contributed by atoms with Gasteiger partial charge in [-0.05, 0) is 51.5 Å². The van der Waals surface area contributed by atoms with Crippen molar-refractivity contribution in [1.82, 2.24) is 19.6 Å². The number of hydrogen-bond acceptors (Lipinski definition) is 4. The molecule has 0 radical (unpaired) electrons. The van der Waals surface area contributed by atoms with Crippen molar-refractivity contribution in [3.8, 4) is 0 Å². The number of nitrogens with zero attached hydrogens (tertiary/aromatic N) is 4. The van der Waals surface area contributed by atoms with Crippen molar-refractivity contribution in [3.05, 3.63) is 29.6 Å². The molecule has 1 aliphatic heterocycles. The van der Waals surface area contributed by atoms with Crippen molar-refractivity contribution in [2.75, 3.05) is 26.2 Å². The van der Waals surface area contributed by atoms with Crippen molar-refractivity contribution >= 4 is 11.8 Å². The molecule has 1 unspecified atom stereocenters.